The van der Waals surface area contributed by atoms with Gasteiger partial charge in [0.2, 0.25) is 0 Å². The molecule has 0 aliphatic rings. The fourth-order valence-electron chi connectivity index (χ4n) is 0.580. The van der Waals surface area contributed by atoms with Gasteiger partial charge >= 0.3 is 0 Å². The van der Waals surface area contributed by atoms with Gasteiger partial charge in [-0.25, -0.2) is 0 Å². The van der Waals surface area contributed by atoms with E-state index >= 15 is 0 Å². The summed E-state index contributed by atoms with van der Waals surface area (Å²) in [6.45, 7) is 5.72. The molecule has 5 heteroatoms. The summed E-state index contributed by atoms with van der Waals surface area (Å²) < 4.78 is 0. The molecular weight excluding hydrogens is 174 g/mol. The van der Waals surface area contributed by atoms with Crippen LogP contribution in [0.1, 0.15) is 13.8 Å². The molecule has 0 fully saturated rings. The first-order chi connectivity index (χ1) is 5.20. The molecule has 0 spiro atoms. The van der Waals surface area contributed by atoms with E-state index in [0.717, 1.165) is 0 Å². The topological polar surface area (TPSA) is 21.7 Å². The highest BCUT2D eigenvalue weighted by molar-refractivity contribution is 6.35. The van der Waals surface area contributed by atoms with Crippen LogP contribution in [0.4, 0.5) is 0 Å². The Hall–Kier alpha value is 0.314. The Morgan fingerprint density at radius 2 is 1.64 bits per heavy atom. The summed E-state index contributed by atoms with van der Waals surface area (Å²) >= 11 is 0. The first-order valence-electron chi connectivity index (χ1n) is 3.66. The largest absolute Gasteiger partial charge is 0.274 e. The Bertz CT molecular complexity index is 86.7. The van der Waals surface area contributed by atoms with Crippen molar-refractivity contribution in [3.05, 3.63) is 0 Å². The molecule has 0 aliphatic carbocycles. The smallest absolute Gasteiger partial charge is 0.0683 e. The van der Waals surface area contributed by atoms with Crippen LogP contribution in [0.3, 0.4) is 0 Å². The molecule has 0 aromatic carbocycles. The van der Waals surface area contributed by atoms with Crippen molar-refractivity contribution in [2.45, 2.75) is 19.0 Å². The van der Waals surface area contributed by atoms with E-state index in [-0.39, 0.29) is 5.16 Å². The zero-order valence-corrected chi connectivity index (χ0v) is 8.96. The monoisotopic (exact) mass is 187 g/mol. The van der Waals surface area contributed by atoms with Gasteiger partial charge in [0.15, 0.2) is 0 Å². The molecule has 0 aliphatic heterocycles. The maximum absolute atomic E-state index is 5.14. The molecule has 3 nitrogen and oxygen atoms in total. The van der Waals surface area contributed by atoms with Gasteiger partial charge in [0, 0.05) is 27.0 Å². The van der Waals surface area contributed by atoms with Gasteiger partial charge in [-0.1, -0.05) is 5.23 Å². The summed E-state index contributed by atoms with van der Waals surface area (Å²) in [5, 5.41) is 1.64. The summed E-state index contributed by atoms with van der Waals surface area (Å²) in [6.07, 6.45) is 0. The molecule has 0 bridgehead atoms. The van der Waals surface area contributed by atoms with Gasteiger partial charge < -0.3 is 0 Å². The molecule has 0 amide bonds. The Balaban J connectivity index is 3.50. The van der Waals surface area contributed by atoms with E-state index in [4.69, 9.17) is 9.68 Å². The zero-order valence-electron chi connectivity index (χ0n) is 6.96. The van der Waals surface area contributed by atoms with E-state index in [0.29, 0.717) is 19.8 Å². The van der Waals surface area contributed by atoms with Crippen molar-refractivity contribution >= 4 is 20.5 Å². The van der Waals surface area contributed by atoms with E-state index in [1.165, 1.54) is 5.23 Å². The van der Waals surface area contributed by atoms with Gasteiger partial charge in [-0.3, -0.25) is 9.68 Å². The van der Waals surface area contributed by atoms with Crippen LogP contribution in [0, 0.1) is 0 Å². The van der Waals surface area contributed by atoms with Crippen molar-refractivity contribution < 1.29 is 9.68 Å². The minimum atomic E-state index is 0.174. The lowest BCUT2D eigenvalue weighted by Gasteiger charge is -2.20. The molecule has 11 heavy (non-hydrogen) atoms. The molecule has 0 aromatic rings. The van der Waals surface area contributed by atoms with E-state index in [1.54, 1.807) is 0 Å². The second kappa shape index (κ2) is 6.99. The van der Waals surface area contributed by atoms with Crippen LogP contribution in [0.25, 0.3) is 0 Å². The maximum Gasteiger partial charge on any atom is 0.0683 e. The molecule has 0 atom stereocenters. The van der Waals surface area contributed by atoms with Gasteiger partial charge in [0.1, 0.15) is 0 Å². The molecule has 0 unspecified atom stereocenters. The number of nitrogens with zero attached hydrogens (tertiary/aromatic N) is 1. The third-order valence-corrected chi connectivity index (χ3v) is 1.24. The van der Waals surface area contributed by atoms with Crippen LogP contribution in [0.15, 0.2) is 0 Å². The SMILES string of the molecule is CCON(CC([Si])[Si])OCC. The van der Waals surface area contributed by atoms with Gasteiger partial charge in [0.05, 0.1) is 13.2 Å². The fourth-order valence-corrected chi connectivity index (χ4v) is 0.878. The van der Waals surface area contributed by atoms with Crippen LogP contribution in [0.5, 0.6) is 0 Å². The van der Waals surface area contributed by atoms with Crippen LogP contribution < -0.4 is 0 Å². The number of hydrogen-bond acceptors (Lipinski definition) is 3. The molecule has 0 saturated carbocycles. The predicted molar refractivity (Wildman–Crippen MR) is 45.2 cm³/mol. The Kier molecular flexibility index (Phi) is 7.19. The lowest BCUT2D eigenvalue weighted by atomic mass is 10.8. The lowest BCUT2D eigenvalue weighted by molar-refractivity contribution is -0.363. The molecule has 0 rings (SSSR count). The van der Waals surface area contributed by atoms with Crippen LogP contribution in [0.2, 0.25) is 5.16 Å². The van der Waals surface area contributed by atoms with Gasteiger partial charge in [-0.2, -0.15) is 0 Å². The first kappa shape index (κ1) is 11.3. The van der Waals surface area contributed by atoms with E-state index in [2.05, 4.69) is 20.5 Å². The third kappa shape index (κ3) is 6.70. The van der Waals surface area contributed by atoms with Gasteiger partial charge in [-0.05, 0) is 19.0 Å². The van der Waals surface area contributed by atoms with Crippen molar-refractivity contribution in [1.29, 1.82) is 0 Å². The number of hydrogen-bond donors (Lipinski definition) is 0. The quantitative estimate of drug-likeness (QED) is 0.440. The zero-order chi connectivity index (χ0) is 8.69. The predicted octanol–water partition coefficient (Wildman–Crippen LogP) is 0.274. The third-order valence-electron chi connectivity index (χ3n) is 0.878. The summed E-state index contributed by atoms with van der Waals surface area (Å²) in [5.41, 5.74) is 0. The lowest BCUT2D eigenvalue weighted by Crippen LogP contribution is -2.28. The minimum Gasteiger partial charge on any atom is -0.274 e. The van der Waals surface area contributed by atoms with Crippen molar-refractivity contribution in [3.63, 3.8) is 0 Å². The molecule has 0 heterocycles. The van der Waals surface area contributed by atoms with E-state index in [9.17, 15) is 0 Å². The molecule has 6 radical (unpaired) electrons. The minimum absolute atomic E-state index is 0.174. The summed E-state index contributed by atoms with van der Waals surface area (Å²) in [6, 6.07) is 0. The Morgan fingerprint density at radius 1 is 1.18 bits per heavy atom. The second-order valence-electron chi connectivity index (χ2n) is 1.90. The maximum atomic E-state index is 5.14. The van der Waals surface area contributed by atoms with Crippen LogP contribution in [-0.4, -0.2) is 45.5 Å². The molecule has 62 valence electrons. The van der Waals surface area contributed by atoms with Crippen molar-refractivity contribution in [2.24, 2.45) is 0 Å². The molecule has 0 N–H and O–H groups in total. The normalized spacial score (nSPS) is 11.5. The van der Waals surface area contributed by atoms with Gasteiger partial charge in [0.25, 0.3) is 0 Å². The molecule has 0 aromatic heterocycles. The first-order valence-corrected chi connectivity index (χ1v) is 4.81. The number of rotatable bonds is 6. The van der Waals surface area contributed by atoms with Crippen molar-refractivity contribution in [2.75, 3.05) is 19.8 Å². The highest BCUT2D eigenvalue weighted by Gasteiger charge is 2.06. The van der Waals surface area contributed by atoms with Gasteiger partial charge in [-0.15, -0.1) is 0 Å². The highest BCUT2D eigenvalue weighted by Crippen LogP contribution is 1.99. The summed E-state index contributed by atoms with van der Waals surface area (Å²) in [7, 11) is 6.75. The summed E-state index contributed by atoms with van der Waals surface area (Å²) in [4.78, 5) is 10.3. The highest BCUT2D eigenvalue weighted by atomic mass is 28.2. The average molecular weight is 187 g/mol. The fraction of sp³-hybridized carbons (Fsp3) is 1.00. The van der Waals surface area contributed by atoms with E-state index < -0.39 is 0 Å². The standard InChI is InChI=1S/C6H13NO2Si2/c1-3-8-7(9-4-2)5-6(10)11/h6H,3-5H2,1-2H3. The van der Waals surface area contributed by atoms with E-state index in [1.807, 2.05) is 13.8 Å². The Morgan fingerprint density at radius 3 is 1.91 bits per heavy atom. The van der Waals surface area contributed by atoms with Crippen molar-refractivity contribution in [1.82, 2.24) is 5.23 Å². The number of hydroxylamine groups is 2. The summed E-state index contributed by atoms with van der Waals surface area (Å²) in [5.74, 6) is 0. The van der Waals surface area contributed by atoms with Crippen LogP contribution >= 0.6 is 0 Å². The average Bonchev–Trinajstić information content (AvgIpc) is 1.87. The second-order valence-corrected chi connectivity index (χ2v) is 3.87. The van der Waals surface area contributed by atoms with Crippen molar-refractivity contribution in [3.8, 4) is 0 Å². The van der Waals surface area contributed by atoms with Crippen LogP contribution in [-0.2, 0) is 9.68 Å². The molecular formula is C6H13NO2Si2. The Labute approximate surface area is 74.8 Å². The molecule has 0 saturated heterocycles.